The van der Waals surface area contributed by atoms with E-state index in [9.17, 15) is 9.59 Å². The number of piperidine rings is 1. The quantitative estimate of drug-likeness (QED) is 0.650. The van der Waals surface area contributed by atoms with E-state index >= 15 is 0 Å². The molecular formula is C28H40N6O3. The fraction of sp³-hybridized carbons (Fsp3) is 0.571. The Kier molecular flexibility index (Phi) is 8.31. The zero-order valence-corrected chi connectivity index (χ0v) is 22.0. The van der Waals surface area contributed by atoms with Crippen molar-refractivity contribution in [1.29, 1.82) is 0 Å². The second-order valence-corrected chi connectivity index (χ2v) is 10.4. The molecule has 3 aliphatic heterocycles. The van der Waals surface area contributed by atoms with Gasteiger partial charge >= 0.3 is 6.03 Å². The van der Waals surface area contributed by atoms with Gasteiger partial charge in [0.05, 0.1) is 13.2 Å². The minimum absolute atomic E-state index is 0.0179. The maximum absolute atomic E-state index is 12.8. The third-order valence-corrected chi connectivity index (χ3v) is 8.07. The van der Waals surface area contributed by atoms with Crippen LogP contribution in [0.15, 0.2) is 42.6 Å². The third kappa shape index (κ3) is 6.45. The van der Waals surface area contributed by atoms with E-state index in [-0.39, 0.29) is 11.9 Å². The van der Waals surface area contributed by atoms with Gasteiger partial charge < -0.3 is 29.3 Å². The molecule has 1 N–H and O–H groups in total. The van der Waals surface area contributed by atoms with E-state index in [0.29, 0.717) is 31.9 Å². The van der Waals surface area contributed by atoms with E-state index in [2.05, 4.69) is 27.2 Å². The molecule has 200 valence electrons. The topological polar surface area (TPSA) is 73.3 Å². The fourth-order valence-corrected chi connectivity index (χ4v) is 5.59. The van der Waals surface area contributed by atoms with Crippen LogP contribution >= 0.6 is 0 Å². The first-order chi connectivity index (χ1) is 18.1. The van der Waals surface area contributed by atoms with Gasteiger partial charge in [-0.25, -0.2) is 4.79 Å². The summed E-state index contributed by atoms with van der Waals surface area (Å²) in [7, 11) is 1.87. The Morgan fingerprint density at radius 2 is 1.57 bits per heavy atom. The number of rotatable bonds is 6. The van der Waals surface area contributed by atoms with Crippen molar-refractivity contribution in [1.82, 2.24) is 19.3 Å². The average Bonchev–Trinajstić information content (AvgIpc) is 3.38. The van der Waals surface area contributed by atoms with Crippen LogP contribution in [0.4, 0.5) is 16.2 Å². The molecule has 5 rings (SSSR count). The van der Waals surface area contributed by atoms with Crippen molar-refractivity contribution in [3.05, 3.63) is 48.3 Å². The Balaban J connectivity index is 1.04. The molecule has 1 aromatic carbocycles. The maximum atomic E-state index is 12.8. The molecule has 0 radical (unpaired) electrons. The van der Waals surface area contributed by atoms with Crippen LogP contribution in [0.3, 0.4) is 0 Å². The predicted octanol–water partition coefficient (Wildman–Crippen LogP) is 2.95. The molecule has 2 aromatic rings. The number of aromatic nitrogens is 1. The van der Waals surface area contributed by atoms with Crippen LogP contribution in [0.1, 0.15) is 29.8 Å². The average molecular weight is 509 g/mol. The van der Waals surface area contributed by atoms with Crippen molar-refractivity contribution >= 4 is 23.3 Å². The standard InChI is InChI=1S/C28H40N6O3/c1-30-11-2-3-26(30)27(35)33-15-17-34(18-16-33)28(36)29-24-4-6-25(7-5-24)32-13-9-23(10-14-32)8-12-31-19-21-37-22-20-31/h2-7,11,23H,8-10,12-22H2,1H3,(H,29,36). The highest BCUT2D eigenvalue weighted by atomic mass is 16.5. The summed E-state index contributed by atoms with van der Waals surface area (Å²) >= 11 is 0. The first kappa shape index (κ1) is 25.6. The van der Waals surface area contributed by atoms with Crippen LogP contribution in [0.25, 0.3) is 0 Å². The predicted molar refractivity (Wildman–Crippen MR) is 145 cm³/mol. The number of piperazine rings is 1. The molecule has 0 saturated carbocycles. The van der Waals surface area contributed by atoms with Crippen LogP contribution in [-0.2, 0) is 11.8 Å². The number of amides is 3. The molecule has 0 spiro atoms. The molecular weight excluding hydrogens is 468 g/mol. The van der Waals surface area contributed by atoms with Crippen molar-refractivity contribution in [2.24, 2.45) is 13.0 Å². The van der Waals surface area contributed by atoms with E-state index in [0.717, 1.165) is 51.0 Å². The molecule has 0 unspecified atom stereocenters. The van der Waals surface area contributed by atoms with Gasteiger partial charge in [-0.1, -0.05) is 0 Å². The molecule has 9 heteroatoms. The number of hydrogen-bond donors (Lipinski definition) is 1. The SMILES string of the molecule is Cn1cccc1C(=O)N1CCN(C(=O)Nc2ccc(N3CCC(CCN4CCOCC4)CC3)cc2)CC1. The Bertz CT molecular complexity index is 1030. The van der Waals surface area contributed by atoms with Crippen LogP contribution in [0, 0.1) is 5.92 Å². The summed E-state index contributed by atoms with van der Waals surface area (Å²) in [5, 5.41) is 3.02. The number of anilines is 2. The lowest BCUT2D eigenvalue weighted by Crippen LogP contribution is -2.51. The summed E-state index contributed by atoms with van der Waals surface area (Å²) in [4.78, 5) is 34.1. The number of nitrogens with zero attached hydrogens (tertiary/aromatic N) is 5. The summed E-state index contributed by atoms with van der Waals surface area (Å²) in [6.45, 7) is 9.41. The molecule has 9 nitrogen and oxygen atoms in total. The van der Waals surface area contributed by atoms with E-state index in [1.165, 1.54) is 31.5 Å². The third-order valence-electron chi connectivity index (χ3n) is 8.07. The Morgan fingerprint density at radius 3 is 2.22 bits per heavy atom. The molecule has 1 aromatic heterocycles. The highest BCUT2D eigenvalue weighted by Crippen LogP contribution is 2.26. The first-order valence-corrected chi connectivity index (χ1v) is 13.7. The Morgan fingerprint density at radius 1 is 0.892 bits per heavy atom. The number of benzene rings is 1. The monoisotopic (exact) mass is 508 g/mol. The van der Waals surface area contributed by atoms with Gasteiger partial charge in [0.25, 0.3) is 5.91 Å². The summed E-state index contributed by atoms with van der Waals surface area (Å²) in [6.07, 6.45) is 5.63. The zero-order valence-electron chi connectivity index (χ0n) is 22.0. The Hall–Kier alpha value is -3.04. The number of carbonyl (C=O) groups excluding carboxylic acids is 2. The van der Waals surface area contributed by atoms with E-state index in [4.69, 9.17) is 4.74 Å². The minimum Gasteiger partial charge on any atom is -0.379 e. The molecule has 37 heavy (non-hydrogen) atoms. The summed E-state index contributed by atoms with van der Waals surface area (Å²) < 4.78 is 7.29. The normalized spacial score (nSPS) is 19.8. The molecule has 0 atom stereocenters. The van der Waals surface area contributed by atoms with Gasteiger partial charge in [0.1, 0.15) is 5.69 Å². The molecule has 3 aliphatic rings. The van der Waals surface area contributed by atoms with E-state index in [1.54, 1.807) is 4.90 Å². The van der Waals surface area contributed by atoms with Gasteiger partial charge in [-0.2, -0.15) is 0 Å². The second-order valence-electron chi connectivity index (χ2n) is 10.4. The number of nitrogens with one attached hydrogen (secondary N) is 1. The number of urea groups is 1. The van der Waals surface area contributed by atoms with Gasteiger partial charge in [-0.05, 0) is 68.1 Å². The summed E-state index contributed by atoms with van der Waals surface area (Å²) in [5.74, 6) is 0.824. The summed E-state index contributed by atoms with van der Waals surface area (Å²) in [6, 6.07) is 11.8. The highest BCUT2D eigenvalue weighted by Gasteiger charge is 2.26. The molecule has 3 fully saturated rings. The zero-order chi connectivity index (χ0) is 25.6. The molecule has 3 saturated heterocycles. The van der Waals surface area contributed by atoms with Crippen LogP contribution in [0.2, 0.25) is 0 Å². The fourth-order valence-electron chi connectivity index (χ4n) is 5.59. The van der Waals surface area contributed by atoms with E-state index < -0.39 is 0 Å². The van der Waals surface area contributed by atoms with Gasteiger partial charge in [0.15, 0.2) is 0 Å². The van der Waals surface area contributed by atoms with Crippen molar-refractivity contribution in [3.63, 3.8) is 0 Å². The van der Waals surface area contributed by atoms with Crippen LogP contribution in [0.5, 0.6) is 0 Å². The van der Waals surface area contributed by atoms with Crippen molar-refractivity contribution in [2.75, 3.05) is 82.3 Å². The van der Waals surface area contributed by atoms with Gasteiger partial charge in [0, 0.05) is 77.0 Å². The number of ether oxygens (including phenoxy) is 1. The van der Waals surface area contributed by atoms with Gasteiger partial charge in [0.2, 0.25) is 0 Å². The lowest BCUT2D eigenvalue weighted by Gasteiger charge is -2.35. The van der Waals surface area contributed by atoms with Gasteiger partial charge in [-0.15, -0.1) is 0 Å². The first-order valence-electron chi connectivity index (χ1n) is 13.7. The number of carbonyl (C=O) groups is 2. The van der Waals surface area contributed by atoms with Gasteiger partial charge in [-0.3, -0.25) is 9.69 Å². The number of hydrogen-bond acceptors (Lipinski definition) is 5. The van der Waals surface area contributed by atoms with E-state index in [1.807, 2.05) is 47.0 Å². The Labute approximate surface area is 219 Å². The molecule has 3 amide bonds. The number of morpholine rings is 1. The molecule has 4 heterocycles. The van der Waals surface area contributed by atoms with Crippen molar-refractivity contribution in [2.45, 2.75) is 19.3 Å². The second kappa shape index (κ2) is 12.0. The highest BCUT2D eigenvalue weighted by molar-refractivity contribution is 5.93. The van der Waals surface area contributed by atoms with Crippen molar-refractivity contribution < 1.29 is 14.3 Å². The summed E-state index contributed by atoms with van der Waals surface area (Å²) in [5.41, 5.74) is 2.70. The number of aryl methyl sites for hydroxylation is 1. The van der Waals surface area contributed by atoms with Crippen LogP contribution < -0.4 is 10.2 Å². The van der Waals surface area contributed by atoms with Crippen molar-refractivity contribution in [3.8, 4) is 0 Å². The van der Waals surface area contributed by atoms with Crippen LogP contribution in [-0.4, -0.2) is 103 Å². The molecule has 0 bridgehead atoms. The lowest BCUT2D eigenvalue weighted by atomic mass is 9.93. The minimum atomic E-state index is -0.111. The lowest BCUT2D eigenvalue weighted by molar-refractivity contribution is 0.0349. The molecule has 0 aliphatic carbocycles. The smallest absolute Gasteiger partial charge is 0.321 e. The largest absolute Gasteiger partial charge is 0.379 e. The maximum Gasteiger partial charge on any atom is 0.321 e.